The molecule has 0 bridgehead atoms. The SMILES string of the molecule is CC(C)C(=O)Nc1ccc(I)cc1C(F)(F)F. The van der Waals surface area contributed by atoms with Gasteiger partial charge in [-0.1, -0.05) is 13.8 Å². The van der Waals surface area contributed by atoms with E-state index < -0.39 is 17.6 Å². The molecule has 1 amide bonds. The van der Waals surface area contributed by atoms with E-state index in [4.69, 9.17) is 0 Å². The molecule has 0 aromatic heterocycles. The molecule has 0 saturated carbocycles. The molecule has 17 heavy (non-hydrogen) atoms. The summed E-state index contributed by atoms with van der Waals surface area (Å²) in [5.41, 5.74) is -1.02. The van der Waals surface area contributed by atoms with Gasteiger partial charge in [0.1, 0.15) is 0 Å². The lowest BCUT2D eigenvalue weighted by Crippen LogP contribution is -2.20. The summed E-state index contributed by atoms with van der Waals surface area (Å²) in [4.78, 5) is 11.4. The van der Waals surface area contributed by atoms with E-state index in [1.807, 2.05) is 0 Å². The Morgan fingerprint density at radius 1 is 1.35 bits per heavy atom. The highest BCUT2D eigenvalue weighted by Crippen LogP contribution is 2.35. The number of halogens is 4. The highest BCUT2D eigenvalue weighted by atomic mass is 127. The smallest absolute Gasteiger partial charge is 0.325 e. The number of anilines is 1. The van der Waals surface area contributed by atoms with E-state index in [-0.39, 0.29) is 11.6 Å². The minimum absolute atomic E-state index is 0.198. The Morgan fingerprint density at radius 2 is 1.94 bits per heavy atom. The maximum absolute atomic E-state index is 12.7. The molecule has 1 aromatic rings. The summed E-state index contributed by atoms with van der Waals surface area (Å²) in [5.74, 6) is -0.799. The second kappa shape index (κ2) is 5.24. The van der Waals surface area contributed by atoms with Gasteiger partial charge < -0.3 is 5.32 Å². The van der Waals surface area contributed by atoms with Gasteiger partial charge in [-0.2, -0.15) is 13.2 Å². The lowest BCUT2D eigenvalue weighted by atomic mass is 10.1. The van der Waals surface area contributed by atoms with Crippen LogP contribution in [0.2, 0.25) is 0 Å². The molecule has 0 spiro atoms. The number of benzene rings is 1. The fraction of sp³-hybridized carbons (Fsp3) is 0.364. The number of nitrogens with one attached hydrogen (secondary N) is 1. The first kappa shape index (κ1) is 14.3. The van der Waals surface area contributed by atoms with Crippen molar-refractivity contribution in [3.63, 3.8) is 0 Å². The van der Waals surface area contributed by atoms with Crippen molar-refractivity contribution in [3.05, 3.63) is 27.3 Å². The highest BCUT2D eigenvalue weighted by molar-refractivity contribution is 14.1. The van der Waals surface area contributed by atoms with Crippen LogP contribution in [0.15, 0.2) is 18.2 Å². The molecule has 0 aliphatic rings. The van der Waals surface area contributed by atoms with E-state index >= 15 is 0 Å². The predicted octanol–water partition coefficient (Wildman–Crippen LogP) is 3.90. The first-order chi connectivity index (χ1) is 7.71. The van der Waals surface area contributed by atoms with Crippen LogP contribution in [0.5, 0.6) is 0 Å². The van der Waals surface area contributed by atoms with Crippen molar-refractivity contribution in [1.82, 2.24) is 0 Å². The van der Waals surface area contributed by atoms with Crippen LogP contribution in [-0.4, -0.2) is 5.91 Å². The van der Waals surface area contributed by atoms with Gasteiger partial charge in [0.05, 0.1) is 11.3 Å². The van der Waals surface area contributed by atoms with Crippen molar-refractivity contribution in [1.29, 1.82) is 0 Å². The van der Waals surface area contributed by atoms with Crippen LogP contribution in [0.25, 0.3) is 0 Å². The quantitative estimate of drug-likeness (QED) is 0.800. The zero-order chi connectivity index (χ0) is 13.2. The van der Waals surface area contributed by atoms with Gasteiger partial charge in [-0.05, 0) is 40.8 Å². The Balaban J connectivity index is 3.12. The molecule has 0 heterocycles. The third-order valence-corrected chi connectivity index (χ3v) is 2.74. The van der Waals surface area contributed by atoms with Crippen molar-refractivity contribution in [2.45, 2.75) is 20.0 Å². The summed E-state index contributed by atoms with van der Waals surface area (Å²) in [6.45, 7) is 3.24. The van der Waals surface area contributed by atoms with Crippen LogP contribution in [-0.2, 0) is 11.0 Å². The van der Waals surface area contributed by atoms with E-state index in [0.717, 1.165) is 6.07 Å². The third-order valence-electron chi connectivity index (χ3n) is 2.07. The van der Waals surface area contributed by atoms with Gasteiger partial charge in [-0.15, -0.1) is 0 Å². The lowest BCUT2D eigenvalue weighted by molar-refractivity contribution is -0.137. The molecular weight excluding hydrogens is 346 g/mol. The maximum Gasteiger partial charge on any atom is 0.418 e. The molecule has 0 aliphatic carbocycles. The van der Waals surface area contributed by atoms with E-state index in [9.17, 15) is 18.0 Å². The van der Waals surface area contributed by atoms with Gasteiger partial charge in [-0.3, -0.25) is 4.79 Å². The van der Waals surface area contributed by atoms with Crippen molar-refractivity contribution in [3.8, 4) is 0 Å². The molecular formula is C11H11F3INO. The number of amides is 1. The van der Waals surface area contributed by atoms with Gasteiger partial charge in [0, 0.05) is 9.49 Å². The number of carbonyl (C=O) groups excluding carboxylic acids is 1. The first-order valence-electron chi connectivity index (χ1n) is 4.89. The van der Waals surface area contributed by atoms with Crippen LogP contribution in [0.4, 0.5) is 18.9 Å². The summed E-state index contributed by atoms with van der Waals surface area (Å²) < 4.78 is 38.6. The van der Waals surface area contributed by atoms with Gasteiger partial charge in [0.2, 0.25) is 5.91 Å². The highest BCUT2D eigenvalue weighted by Gasteiger charge is 2.34. The van der Waals surface area contributed by atoms with E-state index in [0.29, 0.717) is 3.57 Å². The number of hydrogen-bond donors (Lipinski definition) is 1. The van der Waals surface area contributed by atoms with Crippen LogP contribution in [0.3, 0.4) is 0 Å². The summed E-state index contributed by atoms with van der Waals surface area (Å²) in [5, 5.41) is 2.28. The molecule has 1 rings (SSSR count). The van der Waals surface area contributed by atoms with Crippen LogP contribution >= 0.6 is 22.6 Å². The summed E-state index contributed by atoms with van der Waals surface area (Å²) in [6, 6.07) is 3.80. The third kappa shape index (κ3) is 3.86. The number of rotatable bonds is 2. The largest absolute Gasteiger partial charge is 0.418 e. The minimum atomic E-state index is -4.47. The Hall–Kier alpha value is -0.790. The molecule has 94 valence electrons. The van der Waals surface area contributed by atoms with E-state index in [1.165, 1.54) is 12.1 Å². The first-order valence-corrected chi connectivity index (χ1v) is 5.97. The molecule has 0 saturated heterocycles. The second-order valence-electron chi connectivity index (χ2n) is 3.83. The molecule has 0 radical (unpaired) electrons. The summed E-state index contributed by atoms with van der Waals surface area (Å²) >= 11 is 1.80. The molecule has 2 nitrogen and oxygen atoms in total. The molecule has 1 N–H and O–H groups in total. The second-order valence-corrected chi connectivity index (χ2v) is 5.08. The zero-order valence-electron chi connectivity index (χ0n) is 9.23. The van der Waals surface area contributed by atoms with Crippen LogP contribution in [0.1, 0.15) is 19.4 Å². The van der Waals surface area contributed by atoms with Crippen LogP contribution in [0, 0.1) is 9.49 Å². The van der Waals surface area contributed by atoms with Gasteiger partial charge in [0.25, 0.3) is 0 Å². The van der Waals surface area contributed by atoms with Crippen LogP contribution < -0.4 is 5.32 Å². The topological polar surface area (TPSA) is 29.1 Å². The Labute approximate surface area is 111 Å². The average Bonchev–Trinajstić information content (AvgIpc) is 2.18. The fourth-order valence-electron chi connectivity index (χ4n) is 1.14. The normalized spacial score (nSPS) is 11.7. The standard InChI is InChI=1S/C11H11F3INO/c1-6(2)10(17)16-9-4-3-7(15)5-8(9)11(12,13)14/h3-6H,1-2H3,(H,16,17). The number of carbonyl (C=O) groups is 1. The molecule has 6 heteroatoms. The Morgan fingerprint density at radius 3 is 2.41 bits per heavy atom. The zero-order valence-corrected chi connectivity index (χ0v) is 11.4. The van der Waals surface area contributed by atoms with Crippen molar-refractivity contribution >= 4 is 34.2 Å². The van der Waals surface area contributed by atoms with Gasteiger partial charge in [-0.25, -0.2) is 0 Å². The minimum Gasteiger partial charge on any atom is -0.325 e. The van der Waals surface area contributed by atoms with E-state index in [2.05, 4.69) is 5.32 Å². The van der Waals surface area contributed by atoms with Gasteiger partial charge >= 0.3 is 6.18 Å². The molecule has 0 unspecified atom stereocenters. The van der Waals surface area contributed by atoms with Gasteiger partial charge in [0.15, 0.2) is 0 Å². The number of hydrogen-bond acceptors (Lipinski definition) is 1. The van der Waals surface area contributed by atoms with E-state index in [1.54, 1.807) is 36.4 Å². The van der Waals surface area contributed by atoms with Crippen molar-refractivity contribution < 1.29 is 18.0 Å². The monoisotopic (exact) mass is 357 g/mol. The predicted molar refractivity (Wildman–Crippen MR) is 67.6 cm³/mol. The fourth-order valence-corrected chi connectivity index (χ4v) is 1.63. The average molecular weight is 357 g/mol. The molecule has 0 atom stereocenters. The lowest BCUT2D eigenvalue weighted by Gasteiger charge is -2.15. The number of alkyl halides is 3. The van der Waals surface area contributed by atoms with Crippen molar-refractivity contribution in [2.24, 2.45) is 5.92 Å². The maximum atomic E-state index is 12.7. The van der Waals surface area contributed by atoms with Crippen molar-refractivity contribution in [2.75, 3.05) is 5.32 Å². The molecule has 0 fully saturated rings. The Bertz CT molecular complexity index is 429. The Kier molecular flexibility index (Phi) is 4.40. The molecule has 1 aromatic carbocycles. The summed E-state index contributed by atoms with van der Waals surface area (Å²) in [6.07, 6.45) is -4.47. The molecule has 0 aliphatic heterocycles. The summed E-state index contributed by atoms with van der Waals surface area (Å²) in [7, 11) is 0.